The lowest BCUT2D eigenvalue weighted by Gasteiger charge is -2.14. The number of ether oxygens (including phenoxy) is 1. The van der Waals surface area contributed by atoms with E-state index in [1.54, 1.807) is 0 Å². The van der Waals surface area contributed by atoms with Crippen molar-refractivity contribution >= 4 is 29.2 Å². The molecule has 0 saturated heterocycles. The molecule has 1 amide bonds. The van der Waals surface area contributed by atoms with Crippen LogP contribution in [-0.2, 0) is 14.3 Å². The van der Waals surface area contributed by atoms with Crippen molar-refractivity contribution in [1.29, 1.82) is 0 Å². The first-order valence-corrected chi connectivity index (χ1v) is 7.85. The van der Waals surface area contributed by atoms with E-state index in [2.05, 4.69) is 5.32 Å². The highest BCUT2D eigenvalue weighted by molar-refractivity contribution is 6.31. The van der Waals surface area contributed by atoms with Gasteiger partial charge in [0, 0.05) is 5.69 Å². The van der Waals surface area contributed by atoms with Crippen LogP contribution in [0.3, 0.4) is 0 Å². The van der Waals surface area contributed by atoms with Crippen molar-refractivity contribution in [3.8, 4) is 0 Å². The van der Waals surface area contributed by atoms with Gasteiger partial charge in [-0.3, -0.25) is 9.59 Å². The lowest BCUT2D eigenvalue weighted by atomic mass is 9.97. The Balaban J connectivity index is 1.90. The molecule has 0 saturated carbocycles. The van der Waals surface area contributed by atoms with Gasteiger partial charge in [0.2, 0.25) is 0 Å². The predicted octanol–water partition coefficient (Wildman–Crippen LogP) is 4.15. The first-order valence-electron chi connectivity index (χ1n) is 7.47. The summed E-state index contributed by atoms with van der Waals surface area (Å²) in [6.07, 6.45) is 0.567. The van der Waals surface area contributed by atoms with Gasteiger partial charge in [0.25, 0.3) is 5.91 Å². The monoisotopic (exact) mass is 349 g/mol. The van der Waals surface area contributed by atoms with E-state index in [-0.39, 0.29) is 5.02 Å². The summed E-state index contributed by atoms with van der Waals surface area (Å²) in [5.74, 6) is -1.97. The largest absolute Gasteiger partial charge is 0.455 e. The smallest absolute Gasteiger partial charge is 0.313 e. The summed E-state index contributed by atoms with van der Waals surface area (Å²) in [6.45, 7) is 1.46. The van der Waals surface area contributed by atoms with Gasteiger partial charge in [-0.2, -0.15) is 0 Å². The fourth-order valence-corrected chi connectivity index (χ4v) is 2.41. The molecule has 0 aliphatic carbocycles. The molecular formula is C18H17ClFNO3. The van der Waals surface area contributed by atoms with Crippen molar-refractivity contribution in [3.63, 3.8) is 0 Å². The molecule has 0 spiro atoms. The van der Waals surface area contributed by atoms with Crippen LogP contribution in [0.15, 0.2) is 48.5 Å². The molecule has 0 aliphatic heterocycles. The molecule has 2 aromatic rings. The van der Waals surface area contributed by atoms with Gasteiger partial charge in [-0.25, -0.2) is 4.39 Å². The van der Waals surface area contributed by atoms with Crippen LogP contribution < -0.4 is 5.32 Å². The van der Waals surface area contributed by atoms with E-state index >= 15 is 0 Å². The van der Waals surface area contributed by atoms with E-state index < -0.39 is 30.2 Å². The summed E-state index contributed by atoms with van der Waals surface area (Å²) in [5, 5.41) is 2.40. The van der Waals surface area contributed by atoms with E-state index in [0.717, 1.165) is 11.6 Å². The van der Waals surface area contributed by atoms with Crippen LogP contribution in [0.1, 0.15) is 24.8 Å². The zero-order chi connectivity index (χ0) is 17.5. The van der Waals surface area contributed by atoms with E-state index in [4.69, 9.17) is 16.3 Å². The number of hydrogen-bond donors (Lipinski definition) is 1. The van der Waals surface area contributed by atoms with E-state index in [9.17, 15) is 14.0 Å². The Morgan fingerprint density at radius 3 is 2.54 bits per heavy atom. The number of esters is 1. The number of nitrogens with one attached hydrogen (secondary N) is 1. The Labute approximate surface area is 144 Å². The minimum absolute atomic E-state index is 0.0973. The van der Waals surface area contributed by atoms with Crippen molar-refractivity contribution in [2.45, 2.75) is 19.3 Å². The number of halogens is 2. The summed E-state index contributed by atoms with van der Waals surface area (Å²) < 4.78 is 18.1. The van der Waals surface area contributed by atoms with Gasteiger partial charge in [-0.15, -0.1) is 0 Å². The van der Waals surface area contributed by atoms with Gasteiger partial charge in [-0.05, 0) is 30.2 Å². The minimum Gasteiger partial charge on any atom is -0.455 e. The van der Waals surface area contributed by atoms with Crippen molar-refractivity contribution in [2.24, 2.45) is 0 Å². The fourth-order valence-electron chi connectivity index (χ4n) is 2.23. The number of rotatable bonds is 6. The third-order valence-electron chi connectivity index (χ3n) is 3.44. The second kappa shape index (κ2) is 8.45. The first-order chi connectivity index (χ1) is 11.5. The predicted molar refractivity (Wildman–Crippen MR) is 90.5 cm³/mol. The Bertz CT molecular complexity index is 721. The molecule has 0 fully saturated rings. The summed E-state index contributed by atoms with van der Waals surface area (Å²) in [5.41, 5.74) is 1.17. The Kier molecular flexibility index (Phi) is 6.32. The topological polar surface area (TPSA) is 55.4 Å². The summed E-state index contributed by atoms with van der Waals surface area (Å²) >= 11 is 5.64. The maximum atomic E-state index is 13.1. The third-order valence-corrected chi connectivity index (χ3v) is 3.73. The standard InChI is InChI=1S/C18H17ClFNO3/c1-2-14(12-6-4-3-5-7-12)18(23)24-11-17(22)21-13-8-9-16(20)15(19)10-13/h3-10,14H,2,11H2,1H3,(H,21,22)/t14-/m1/s1. The van der Waals surface area contributed by atoms with Crippen molar-refractivity contribution < 1.29 is 18.7 Å². The molecule has 1 N–H and O–H groups in total. The highest BCUT2D eigenvalue weighted by Crippen LogP contribution is 2.21. The summed E-state index contributed by atoms with van der Waals surface area (Å²) in [4.78, 5) is 24.0. The highest BCUT2D eigenvalue weighted by atomic mass is 35.5. The fraction of sp³-hybridized carbons (Fsp3) is 0.222. The lowest BCUT2D eigenvalue weighted by molar-refractivity contribution is -0.149. The van der Waals surface area contributed by atoms with Gasteiger partial charge >= 0.3 is 5.97 Å². The van der Waals surface area contributed by atoms with Crippen molar-refractivity contribution in [3.05, 3.63) is 64.9 Å². The minimum atomic E-state index is -0.574. The molecule has 0 heterocycles. The molecule has 1 atom stereocenters. The van der Waals surface area contributed by atoms with Crippen LogP contribution in [0.4, 0.5) is 10.1 Å². The van der Waals surface area contributed by atoms with Gasteiger partial charge in [0.15, 0.2) is 6.61 Å². The number of amides is 1. The summed E-state index contributed by atoms with van der Waals surface area (Å²) in [6, 6.07) is 13.0. The Morgan fingerprint density at radius 2 is 1.92 bits per heavy atom. The molecule has 2 rings (SSSR count). The molecule has 24 heavy (non-hydrogen) atoms. The first kappa shape index (κ1) is 17.9. The molecule has 0 bridgehead atoms. The average molecular weight is 350 g/mol. The van der Waals surface area contributed by atoms with Gasteiger partial charge in [-0.1, -0.05) is 48.9 Å². The number of hydrogen-bond acceptors (Lipinski definition) is 3. The van der Waals surface area contributed by atoms with Gasteiger partial charge < -0.3 is 10.1 Å². The quantitative estimate of drug-likeness (QED) is 0.797. The zero-order valence-electron chi connectivity index (χ0n) is 13.1. The second-order valence-corrected chi connectivity index (χ2v) is 5.56. The molecular weight excluding hydrogens is 333 g/mol. The van der Waals surface area contributed by atoms with Crippen LogP contribution in [-0.4, -0.2) is 18.5 Å². The lowest BCUT2D eigenvalue weighted by Crippen LogP contribution is -2.23. The van der Waals surface area contributed by atoms with Gasteiger partial charge in [0.05, 0.1) is 10.9 Å². The molecule has 4 nitrogen and oxygen atoms in total. The normalized spacial score (nSPS) is 11.6. The zero-order valence-corrected chi connectivity index (χ0v) is 13.8. The Morgan fingerprint density at radius 1 is 1.21 bits per heavy atom. The molecule has 6 heteroatoms. The number of carbonyl (C=O) groups is 2. The maximum absolute atomic E-state index is 13.1. The highest BCUT2D eigenvalue weighted by Gasteiger charge is 2.21. The number of carbonyl (C=O) groups excluding carboxylic acids is 2. The van der Waals surface area contributed by atoms with E-state index in [1.807, 2.05) is 37.3 Å². The van der Waals surface area contributed by atoms with Gasteiger partial charge in [0.1, 0.15) is 5.82 Å². The van der Waals surface area contributed by atoms with Crippen molar-refractivity contribution in [2.75, 3.05) is 11.9 Å². The molecule has 126 valence electrons. The SMILES string of the molecule is CC[C@@H](C(=O)OCC(=O)Nc1ccc(F)c(Cl)c1)c1ccccc1. The number of anilines is 1. The summed E-state index contributed by atoms with van der Waals surface area (Å²) in [7, 11) is 0. The molecule has 0 aromatic heterocycles. The average Bonchev–Trinajstić information content (AvgIpc) is 2.58. The van der Waals surface area contributed by atoms with Crippen LogP contribution >= 0.6 is 11.6 Å². The molecule has 0 aliphatic rings. The molecule has 2 aromatic carbocycles. The van der Waals surface area contributed by atoms with Crippen LogP contribution in [0.25, 0.3) is 0 Å². The second-order valence-electron chi connectivity index (χ2n) is 5.16. The molecule has 0 radical (unpaired) electrons. The Hall–Kier alpha value is -2.40. The van der Waals surface area contributed by atoms with Crippen LogP contribution in [0.2, 0.25) is 5.02 Å². The third kappa shape index (κ3) is 4.80. The van der Waals surface area contributed by atoms with Crippen LogP contribution in [0, 0.1) is 5.82 Å². The number of benzene rings is 2. The van der Waals surface area contributed by atoms with Crippen molar-refractivity contribution in [1.82, 2.24) is 0 Å². The maximum Gasteiger partial charge on any atom is 0.313 e. The van der Waals surface area contributed by atoms with E-state index in [0.29, 0.717) is 12.1 Å². The van der Waals surface area contributed by atoms with Crippen LogP contribution in [0.5, 0.6) is 0 Å². The van der Waals surface area contributed by atoms with E-state index in [1.165, 1.54) is 12.1 Å². The molecule has 0 unspecified atom stereocenters.